The highest BCUT2D eigenvalue weighted by Gasteiger charge is 2.35. The zero-order chi connectivity index (χ0) is 29.7. The van der Waals surface area contributed by atoms with Crippen LogP contribution in [0.4, 0.5) is 0 Å². The Morgan fingerprint density at radius 2 is 1.55 bits per heavy atom. The van der Waals surface area contributed by atoms with E-state index in [9.17, 15) is 0 Å². The van der Waals surface area contributed by atoms with E-state index in [1.807, 2.05) is 36.9 Å². The van der Waals surface area contributed by atoms with E-state index in [1.54, 1.807) is 7.11 Å². The van der Waals surface area contributed by atoms with Crippen LogP contribution in [0, 0.1) is 6.92 Å². The second-order valence-corrected chi connectivity index (χ2v) is 11.7. The zero-order valence-corrected chi connectivity index (χ0v) is 26.5. The maximum Gasteiger partial charge on any atom is 0.122 e. The first-order chi connectivity index (χ1) is 20.6. The highest BCUT2D eigenvalue weighted by Crippen LogP contribution is 2.56. The highest BCUT2D eigenvalue weighted by molar-refractivity contribution is 8.00. The van der Waals surface area contributed by atoms with Crippen LogP contribution in [-0.2, 0) is 13.0 Å². The number of methoxy groups -OCH3 is 1. The summed E-state index contributed by atoms with van der Waals surface area (Å²) in [5.41, 5.74) is 6.31. The molecule has 1 heterocycles. The average Bonchev–Trinajstić information content (AvgIpc) is 3.38. The number of thioether (sulfide) groups is 1. The molecule has 0 fully saturated rings. The molecule has 0 saturated heterocycles. The lowest BCUT2D eigenvalue weighted by atomic mass is 9.86. The SMILES string of the molecule is CCCNCC.CCOc1ccc(C2Sc3cc(OCc4ccccc4)ccc3C2Cc2ccc(C)c(OC)c2)cc1. The number of hydrogen-bond acceptors (Lipinski definition) is 5. The molecule has 2 atom stereocenters. The molecule has 2 unspecified atom stereocenters. The molecule has 4 aromatic carbocycles. The molecule has 222 valence electrons. The first kappa shape index (κ1) is 31.5. The van der Waals surface area contributed by atoms with E-state index < -0.39 is 0 Å². The standard InChI is InChI=1S/C32H32O3S.C5H13N/c1-4-34-26-14-12-25(13-15-26)32-29(18-24-11-10-22(2)30(19-24)33-3)28-17-16-27(20-31(28)36-32)35-21-23-8-6-5-7-9-23;1-3-5-6-4-2/h5-17,19-20,29,32H,4,18,21H2,1-3H3;6H,3-5H2,1-2H3. The maximum atomic E-state index is 6.15. The topological polar surface area (TPSA) is 39.7 Å². The number of ether oxygens (including phenoxy) is 3. The van der Waals surface area contributed by atoms with Gasteiger partial charge in [-0.1, -0.05) is 74.5 Å². The fourth-order valence-electron chi connectivity index (χ4n) is 5.17. The second kappa shape index (κ2) is 16.3. The Balaban J connectivity index is 0.000000612. The molecule has 42 heavy (non-hydrogen) atoms. The minimum absolute atomic E-state index is 0.312. The first-order valence-electron chi connectivity index (χ1n) is 15.1. The molecule has 0 aromatic heterocycles. The molecule has 4 aromatic rings. The minimum atomic E-state index is 0.312. The maximum absolute atomic E-state index is 6.15. The van der Waals surface area contributed by atoms with Gasteiger partial charge in [-0.2, -0.15) is 0 Å². The Morgan fingerprint density at radius 3 is 2.21 bits per heavy atom. The summed E-state index contributed by atoms with van der Waals surface area (Å²) in [4.78, 5) is 1.29. The molecule has 0 saturated carbocycles. The van der Waals surface area contributed by atoms with Crippen molar-refractivity contribution < 1.29 is 14.2 Å². The Hall–Kier alpha value is -3.41. The lowest BCUT2D eigenvalue weighted by molar-refractivity contribution is 0.305. The quantitative estimate of drug-likeness (QED) is 0.168. The molecule has 1 aliphatic heterocycles. The van der Waals surface area contributed by atoms with Gasteiger partial charge in [0.1, 0.15) is 23.9 Å². The summed E-state index contributed by atoms with van der Waals surface area (Å²) in [6.45, 7) is 11.9. The van der Waals surface area contributed by atoms with Gasteiger partial charge in [-0.05, 0) is 97.9 Å². The molecular formula is C37H45NO3S. The molecule has 1 aliphatic rings. The number of nitrogens with one attached hydrogen (secondary N) is 1. The molecular weight excluding hydrogens is 538 g/mol. The summed E-state index contributed by atoms with van der Waals surface area (Å²) in [6, 6.07) is 32.1. The molecule has 0 amide bonds. The Kier molecular flexibility index (Phi) is 12.2. The zero-order valence-electron chi connectivity index (χ0n) is 25.7. The molecule has 0 bridgehead atoms. The van der Waals surface area contributed by atoms with Crippen molar-refractivity contribution in [2.45, 2.75) is 63.2 Å². The van der Waals surface area contributed by atoms with E-state index in [1.165, 1.54) is 33.6 Å². The van der Waals surface area contributed by atoms with Crippen LogP contribution in [0.15, 0.2) is 95.9 Å². The van der Waals surface area contributed by atoms with Crippen LogP contribution in [0.5, 0.6) is 17.2 Å². The van der Waals surface area contributed by atoms with Crippen LogP contribution in [0.3, 0.4) is 0 Å². The molecule has 0 spiro atoms. The van der Waals surface area contributed by atoms with Crippen molar-refractivity contribution in [2.24, 2.45) is 0 Å². The van der Waals surface area contributed by atoms with Gasteiger partial charge in [-0.3, -0.25) is 0 Å². The van der Waals surface area contributed by atoms with E-state index in [2.05, 4.69) is 98.9 Å². The Morgan fingerprint density at radius 1 is 0.786 bits per heavy atom. The number of aryl methyl sites for hydroxylation is 1. The smallest absolute Gasteiger partial charge is 0.122 e. The van der Waals surface area contributed by atoms with Crippen molar-refractivity contribution in [3.05, 3.63) is 119 Å². The van der Waals surface area contributed by atoms with E-state index in [4.69, 9.17) is 14.2 Å². The van der Waals surface area contributed by atoms with Gasteiger partial charge in [0.2, 0.25) is 0 Å². The summed E-state index contributed by atoms with van der Waals surface area (Å²) in [5.74, 6) is 3.12. The predicted octanol–water partition coefficient (Wildman–Crippen LogP) is 9.16. The van der Waals surface area contributed by atoms with Crippen LogP contribution in [-0.4, -0.2) is 26.8 Å². The molecule has 0 radical (unpaired) electrons. The van der Waals surface area contributed by atoms with Crippen LogP contribution in [0.25, 0.3) is 0 Å². The Labute approximate surface area is 256 Å². The van der Waals surface area contributed by atoms with Crippen LogP contribution in [0.1, 0.15) is 66.2 Å². The number of rotatable bonds is 12. The summed E-state index contributed by atoms with van der Waals surface area (Å²) >= 11 is 1.93. The largest absolute Gasteiger partial charge is 0.496 e. The molecule has 5 heteroatoms. The lowest BCUT2D eigenvalue weighted by Gasteiger charge is -2.21. The van der Waals surface area contributed by atoms with Gasteiger partial charge >= 0.3 is 0 Å². The van der Waals surface area contributed by atoms with E-state index >= 15 is 0 Å². The number of hydrogen-bond donors (Lipinski definition) is 1. The minimum Gasteiger partial charge on any atom is -0.496 e. The van der Waals surface area contributed by atoms with Crippen LogP contribution < -0.4 is 19.5 Å². The predicted molar refractivity (Wildman–Crippen MR) is 176 cm³/mol. The van der Waals surface area contributed by atoms with E-state index in [-0.39, 0.29) is 0 Å². The molecule has 5 rings (SSSR count). The Bertz CT molecular complexity index is 1370. The van der Waals surface area contributed by atoms with Gasteiger partial charge in [0, 0.05) is 16.1 Å². The molecule has 1 N–H and O–H groups in total. The van der Waals surface area contributed by atoms with E-state index in [0.717, 1.165) is 42.3 Å². The van der Waals surface area contributed by atoms with Gasteiger partial charge in [-0.15, -0.1) is 11.8 Å². The fraction of sp³-hybridized carbons (Fsp3) is 0.351. The molecule has 0 aliphatic carbocycles. The van der Waals surface area contributed by atoms with Crippen molar-refractivity contribution in [2.75, 3.05) is 26.8 Å². The van der Waals surface area contributed by atoms with Crippen molar-refractivity contribution in [1.29, 1.82) is 0 Å². The summed E-state index contributed by atoms with van der Waals surface area (Å²) < 4.78 is 17.4. The summed E-state index contributed by atoms with van der Waals surface area (Å²) in [7, 11) is 1.74. The van der Waals surface area contributed by atoms with Crippen molar-refractivity contribution in [1.82, 2.24) is 5.32 Å². The van der Waals surface area contributed by atoms with Gasteiger partial charge in [0.05, 0.1) is 13.7 Å². The van der Waals surface area contributed by atoms with Gasteiger partial charge < -0.3 is 19.5 Å². The van der Waals surface area contributed by atoms with Crippen molar-refractivity contribution in [3.8, 4) is 17.2 Å². The summed E-state index contributed by atoms with van der Waals surface area (Å²) in [6.07, 6.45) is 2.19. The van der Waals surface area contributed by atoms with Crippen molar-refractivity contribution >= 4 is 11.8 Å². The number of fused-ring (bicyclic) bond motifs is 1. The van der Waals surface area contributed by atoms with Gasteiger partial charge in [0.15, 0.2) is 0 Å². The van der Waals surface area contributed by atoms with E-state index in [0.29, 0.717) is 24.4 Å². The average molecular weight is 584 g/mol. The third-order valence-corrected chi connectivity index (χ3v) is 8.84. The highest BCUT2D eigenvalue weighted by atomic mass is 32.2. The van der Waals surface area contributed by atoms with Crippen molar-refractivity contribution in [3.63, 3.8) is 0 Å². The second-order valence-electron chi connectivity index (χ2n) is 10.5. The normalized spacial score (nSPS) is 15.4. The lowest BCUT2D eigenvalue weighted by Crippen LogP contribution is -2.12. The monoisotopic (exact) mass is 583 g/mol. The van der Waals surface area contributed by atoms with Crippen LogP contribution >= 0.6 is 11.8 Å². The van der Waals surface area contributed by atoms with Gasteiger partial charge in [0.25, 0.3) is 0 Å². The molecule has 4 nitrogen and oxygen atoms in total. The summed E-state index contributed by atoms with van der Waals surface area (Å²) in [5, 5.41) is 3.51. The number of benzene rings is 4. The van der Waals surface area contributed by atoms with Gasteiger partial charge in [-0.25, -0.2) is 0 Å². The third kappa shape index (κ3) is 8.56. The first-order valence-corrected chi connectivity index (χ1v) is 16.0. The third-order valence-electron chi connectivity index (χ3n) is 7.38. The van der Waals surface area contributed by atoms with Crippen LogP contribution in [0.2, 0.25) is 0 Å². The fourth-order valence-corrected chi connectivity index (χ4v) is 6.69.